The minimum Gasteiger partial charge on any atom is -0.303 e. The molecule has 2 aliphatic heterocycles. The predicted octanol–water partition coefficient (Wildman–Crippen LogP) is 2.33. The average molecular weight is 301 g/mol. The second-order valence-corrected chi connectivity index (χ2v) is 7.61. The molecule has 21 heavy (non-hydrogen) atoms. The lowest BCUT2D eigenvalue weighted by Gasteiger charge is -2.46. The van der Waals surface area contributed by atoms with Crippen molar-refractivity contribution in [2.45, 2.75) is 12.6 Å². The Hall–Kier alpha value is -0.940. The number of nitrogens with zero attached hydrogens (tertiary/aromatic N) is 3. The molecule has 0 radical (unpaired) electrons. The van der Waals surface area contributed by atoms with Gasteiger partial charge in [-0.3, -0.25) is 9.80 Å². The topological polar surface area (TPSA) is 9.72 Å². The molecular weight excluding hydrogens is 278 g/mol. The van der Waals surface area contributed by atoms with Gasteiger partial charge in [-0.15, -0.1) is 11.3 Å². The van der Waals surface area contributed by atoms with Gasteiger partial charge in [0.05, 0.1) is 0 Å². The number of fused-ring (bicyclic) bond motifs is 2. The lowest BCUT2D eigenvalue weighted by molar-refractivity contribution is 0.0179. The van der Waals surface area contributed by atoms with Crippen molar-refractivity contribution in [3.63, 3.8) is 0 Å². The van der Waals surface area contributed by atoms with Crippen molar-refractivity contribution in [3.8, 4) is 0 Å². The third-order valence-electron chi connectivity index (χ3n) is 4.84. The molecule has 0 aliphatic carbocycles. The van der Waals surface area contributed by atoms with Gasteiger partial charge in [0, 0.05) is 61.4 Å². The monoisotopic (exact) mass is 301 g/mol. The first-order chi connectivity index (χ1) is 10.3. The van der Waals surface area contributed by atoms with E-state index in [0.29, 0.717) is 0 Å². The van der Waals surface area contributed by atoms with Crippen LogP contribution in [0.25, 0.3) is 10.1 Å². The molecule has 0 bridgehead atoms. The fraction of sp³-hybridized carbons (Fsp3) is 0.529. The third-order valence-corrected chi connectivity index (χ3v) is 5.94. The fourth-order valence-electron chi connectivity index (χ4n) is 3.65. The molecule has 2 saturated heterocycles. The number of hydrogen-bond acceptors (Lipinski definition) is 4. The first-order valence-corrected chi connectivity index (χ1v) is 8.72. The summed E-state index contributed by atoms with van der Waals surface area (Å²) in [6, 6.07) is 11.8. The van der Waals surface area contributed by atoms with E-state index in [9.17, 15) is 0 Å². The third kappa shape index (κ3) is 2.86. The molecular formula is C17H23N3S. The van der Waals surface area contributed by atoms with Crippen LogP contribution in [-0.4, -0.2) is 67.1 Å². The summed E-state index contributed by atoms with van der Waals surface area (Å²) in [4.78, 5) is 9.31. The van der Waals surface area contributed by atoms with Gasteiger partial charge in [-0.2, -0.15) is 0 Å². The quantitative estimate of drug-likeness (QED) is 0.843. The van der Waals surface area contributed by atoms with Crippen LogP contribution in [0.4, 0.5) is 0 Å². The number of benzene rings is 1. The number of hydrogen-bond donors (Lipinski definition) is 0. The van der Waals surface area contributed by atoms with Crippen LogP contribution in [0.3, 0.4) is 0 Å². The smallest absolute Gasteiger partial charge is 0.0351 e. The maximum Gasteiger partial charge on any atom is 0.0351 e. The second-order valence-electron chi connectivity index (χ2n) is 6.44. The van der Waals surface area contributed by atoms with E-state index in [-0.39, 0.29) is 0 Å². The van der Waals surface area contributed by atoms with Gasteiger partial charge in [0.15, 0.2) is 0 Å². The Bertz CT molecular complexity index is 590. The molecule has 3 heterocycles. The van der Waals surface area contributed by atoms with Crippen molar-refractivity contribution in [2.24, 2.45) is 0 Å². The number of thiophene rings is 1. The first-order valence-electron chi connectivity index (χ1n) is 7.90. The highest BCUT2D eigenvalue weighted by Gasteiger charge is 2.30. The van der Waals surface area contributed by atoms with E-state index in [2.05, 4.69) is 52.1 Å². The highest BCUT2D eigenvalue weighted by molar-refractivity contribution is 7.19. The van der Waals surface area contributed by atoms with Crippen LogP contribution >= 0.6 is 11.3 Å². The van der Waals surface area contributed by atoms with Crippen molar-refractivity contribution < 1.29 is 0 Å². The van der Waals surface area contributed by atoms with Crippen LogP contribution in [0.1, 0.15) is 4.88 Å². The molecule has 2 fully saturated rings. The molecule has 1 aromatic heterocycles. The summed E-state index contributed by atoms with van der Waals surface area (Å²) < 4.78 is 1.42. The lowest BCUT2D eigenvalue weighted by atomic mass is 10.1. The summed E-state index contributed by atoms with van der Waals surface area (Å²) in [5.74, 6) is 0. The lowest BCUT2D eigenvalue weighted by Crippen LogP contribution is -2.60. The summed E-state index contributed by atoms with van der Waals surface area (Å²) in [7, 11) is 2.25. The molecule has 0 saturated carbocycles. The standard InChI is InChI=1S/C17H23N3S/c1-18-6-8-20-9-7-19(12-15(20)11-18)13-16-10-14-4-2-3-5-17(14)21-16/h2-5,10,15H,6-9,11-13H2,1H3/t15-/m0/s1. The summed E-state index contributed by atoms with van der Waals surface area (Å²) in [5, 5.41) is 1.40. The highest BCUT2D eigenvalue weighted by Crippen LogP contribution is 2.27. The number of rotatable bonds is 2. The molecule has 4 rings (SSSR count). The second kappa shape index (κ2) is 5.69. The summed E-state index contributed by atoms with van der Waals surface area (Å²) in [5.41, 5.74) is 0. The van der Waals surface area contributed by atoms with Gasteiger partial charge >= 0.3 is 0 Å². The number of likely N-dealkylation sites (N-methyl/N-ethyl adjacent to an activating group) is 1. The molecule has 0 spiro atoms. The molecule has 0 amide bonds. The van der Waals surface area contributed by atoms with E-state index < -0.39 is 0 Å². The Morgan fingerprint density at radius 3 is 2.86 bits per heavy atom. The van der Waals surface area contributed by atoms with Gasteiger partial charge in [-0.05, 0) is 24.6 Å². The minimum atomic E-state index is 0.729. The summed E-state index contributed by atoms with van der Waals surface area (Å²) >= 11 is 1.96. The molecule has 2 aliphatic rings. The van der Waals surface area contributed by atoms with Crippen LogP contribution in [0.15, 0.2) is 30.3 Å². The summed E-state index contributed by atoms with van der Waals surface area (Å²) in [6.45, 7) is 8.50. The fourth-order valence-corrected chi connectivity index (χ4v) is 4.76. The van der Waals surface area contributed by atoms with E-state index >= 15 is 0 Å². The van der Waals surface area contributed by atoms with Crippen molar-refractivity contribution >= 4 is 21.4 Å². The maximum absolute atomic E-state index is 2.68. The molecule has 2 aromatic rings. The molecule has 1 atom stereocenters. The predicted molar refractivity (Wildman–Crippen MR) is 90.0 cm³/mol. The Balaban J connectivity index is 1.45. The Morgan fingerprint density at radius 2 is 1.95 bits per heavy atom. The van der Waals surface area contributed by atoms with Crippen LogP contribution in [-0.2, 0) is 6.54 Å². The zero-order valence-electron chi connectivity index (χ0n) is 12.7. The highest BCUT2D eigenvalue weighted by atomic mass is 32.1. The summed E-state index contributed by atoms with van der Waals surface area (Å²) in [6.07, 6.45) is 0. The molecule has 0 unspecified atom stereocenters. The van der Waals surface area contributed by atoms with E-state index in [1.54, 1.807) is 0 Å². The van der Waals surface area contributed by atoms with E-state index in [1.807, 2.05) is 11.3 Å². The van der Waals surface area contributed by atoms with Crippen molar-refractivity contribution in [3.05, 3.63) is 35.2 Å². The van der Waals surface area contributed by atoms with Crippen molar-refractivity contribution in [1.82, 2.24) is 14.7 Å². The zero-order chi connectivity index (χ0) is 14.2. The van der Waals surface area contributed by atoms with Crippen molar-refractivity contribution in [2.75, 3.05) is 46.3 Å². The normalized spacial score (nSPS) is 25.3. The van der Waals surface area contributed by atoms with Gasteiger partial charge < -0.3 is 4.90 Å². The SMILES string of the molecule is CN1CCN2CCN(Cc3cc4ccccc4s3)C[C@@H]2C1. The Labute approximate surface area is 130 Å². The molecule has 112 valence electrons. The van der Waals surface area contributed by atoms with E-state index in [0.717, 1.165) is 12.6 Å². The van der Waals surface area contributed by atoms with Gasteiger partial charge in [-0.1, -0.05) is 18.2 Å². The number of piperazine rings is 2. The first kappa shape index (κ1) is 13.7. The zero-order valence-corrected chi connectivity index (χ0v) is 13.5. The van der Waals surface area contributed by atoms with Crippen LogP contribution in [0, 0.1) is 0 Å². The average Bonchev–Trinajstić information content (AvgIpc) is 2.89. The van der Waals surface area contributed by atoms with Gasteiger partial charge in [-0.25, -0.2) is 0 Å². The Morgan fingerprint density at radius 1 is 1.10 bits per heavy atom. The van der Waals surface area contributed by atoms with E-state index in [1.165, 1.54) is 54.2 Å². The van der Waals surface area contributed by atoms with Gasteiger partial charge in [0.2, 0.25) is 0 Å². The maximum atomic E-state index is 2.68. The molecule has 1 aromatic carbocycles. The van der Waals surface area contributed by atoms with Gasteiger partial charge in [0.1, 0.15) is 0 Å². The minimum absolute atomic E-state index is 0.729. The largest absolute Gasteiger partial charge is 0.303 e. The van der Waals surface area contributed by atoms with E-state index in [4.69, 9.17) is 0 Å². The van der Waals surface area contributed by atoms with Crippen LogP contribution < -0.4 is 0 Å². The van der Waals surface area contributed by atoms with Crippen LogP contribution in [0.5, 0.6) is 0 Å². The van der Waals surface area contributed by atoms with Crippen molar-refractivity contribution in [1.29, 1.82) is 0 Å². The molecule has 4 heteroatoms. The van der Waals surface area contributed by atoms with Gasteiger partial charge in [0.25, 0.3) is 0 Å². The molecule has 0 N–H and O–H groups in total. The molecule has 3 nitrogen and oxygen atoms in total. The Kier molecular flexibility index (Phi) is 3.71. The van der Waals surface area contributed by atoms with Crippen LogP contribution in [0.2, 0.25) is 0 Å².